The summed E-state index contributed by atoms with van der Waals surface area (Å²) in [7, 11) is 2.59. The minimum absolute atomic E-state index is 0.0224. The van der Waals surface area contributed by atoms with Crippen molar-refractivity contribution in [3.8, 4) is 17.1 Å². The molecule has 0 saturated carbocycles. The molecule has 2 amide bonds. The van der Waals surface area contributed by atoms with E-state index in [4.69, 9.17) is 4.74 Å². The van der Waals surface area contributed by atoms with Gasteiger partial charge in [0.25, 0.3) is 11.8 Å². The normalized spacial score (nSPS) is 11.2. The van der Waals surface area contributed by atoms with Crippen molar-refractivity contribution >= 4 is 17.5 Å². The smallest absolute Gasteiger partial charge is 0.417 e. The lowest BCUT2D eigenvalue weighted by atomic mass is 10.0. The van der Waals surface area contributed by atoms with E-state index in [0.29, 0.717) is 0 Å². The number of imidazole rings is 1. The highest BCUT2D eigenvalue weighted by molar-refractivity contribution is 6.04. The number of rotatable bonds is 7. The number of alkyl halides is 3. The Kier molecular flexibility index (Phi) is 6.97. The van der Waals surface area contributed by atoms with Gasteiger partial charge in [0.15, 0.2) is 18.2 Å². The van der Waals surface area contributed by atoms with E-state index >= 15 is 0 Å². The fraction of sp³-hybridized carbons (Fsp3) is 0.190. The number of anilines is 1. The maximum Gasteiger partial charge on any atom is 0.417 e. The lowest BCUT2D eigenvalue weighted by molar-refractivity contribution is -0.170. The fourth-order valence-corrected chi connectivity index (χ4v) is 2.77. The van der Waals surface area contributed by atoms with Crippen LogP contribution >= 0.6 is 0 Å². The molecule has 0 radical (unpaired) electrons. The van der Waals surface area contributed by atoms with Gasteiger partial charge in [0.05, 0.1) is 12.7 Å². The Morgan fingerprint density at radius 2 is 1.94 bits per heavy atom. The van der Waals surface area contributed by atoms with Gasteiger partial charge in [-0.3, -0.25) is 14.4 Å². The lowest BCUT2D eigenvalue weighted by Gasteiger charge is -2.15. The fourth-order valence-electron chi connectivity index (χ4n) is 2.77. The zero-order valence-electron chi connectivity index (χ0n) is 17.4. The molecule has 2 N–H and O–H groups in total. The summed E-state index contributed by atoms with van der Waals surface area (Å²) < 4.78 is 59.8. The lowest BCUT2D eigenvalue weighted by Crippen LogP contribution is -2.30. The Labute approximate surface area is 185 Å². The van der Waals surface area contributed by atoms with Gasteiger partial charge in [0.1, 0.15) is 5.82 Å². The summed E-state index contributed by atoms with van der Waals surface area (Å²) in [5, 5.41) is 3.21. The predicted molar refractivity (Wildman–Crippen MR) is 109 cm³/mol. The Morgan fingerprint density at radius 1 is 1.18 bits per heavy atom. The molecule has 174 valence electrons. The molecule has 0 saturated heterocycles. The van der Waals surface area contributed by atoms with Crippen LogP contribution < -0.4 is 10.1 Å². The maximum atomic E-state index is 14.0. The molecule has 1 heterocycles. The number of hydroxylamine groups is 2. The van der Waals surface area contributed by atoms with E-state index in [1.54, 1.807) is 0 Å². The number of amides is 2. The number of aromatic nitrogens is 2. The summed E-state index contributed by atoms with van der Waals surface area (Å²) in [5.74, 6) is -2.61. The second-order valence-electron chi connectivity index (χ2n) is 6.66. The third-order valence-electron chi connectivity index (χ3n) is 4.51. The summed E-state index contributed by atoms with van der Waals surface area (Å²) in [5.41, 5.74) is -1.42. The molecule has 0 bridgehead atoms. The topological polar surface area (TPSA) is 96.5 Å². The van der Waals surface area contributed by atoms with Gasteiger partial charge in [-0.15, -0.1) is 0 Å². The molecule has 2 aromatic carbocycles. The van der Waals surface area contributed by atoms with Gasteiger partial charge < -0.3 is 15.0 Å². The maximum absolute atomic E-state index is 14.0. The number of nitrogens with one attached hydrogen (secondary N) is 2. The molecule has 8 nitrogen and oxygen atoms in total. The molecule has 3 rings (SSSR count). The van der Waals surface area contributed by atoms with Crippen molar-refractivity contribution < 1.29 is 36.7 Å². The van der Waals surface area contributed by atoms with E-state index in [9.17, 15) is 27.2 Å². The quantitative estimate of drug-likeness (QED) is 0.407. The molecular formula is C21H18F4N4O4. The minimum Gasteiger partial charge on any atom is -0.481 e. The summed E-state index contributed by atoms with van der Waals surface area (Å²) in [4.78, 5) is 35.4. The molecule has 0 spiro atoms. The molecule has 1 aromatic heterocycles. The van der Waals surface area contributed by atoms with Gasteiger partial charge >= 0.3 is 6.18 Å². The highest BCUT2D eigenvalue weighted by atomic mass is 19.4. The molecule has 0 aliphatic carbocycles. The number of ether oxygens (including phenoxy) is 1. The van der Waals surface area contributed by atoms with Crippen molar-refractivity contribution in [2.75, 3.05) is 26.1 Å². The first-order valence-electron chi connectivity index (χ1n) is 9.35. The highest BCUT2D eigenvalue weighted by Gasteiger charge is 2.34. The minimum atomic E-state index is -4.71. The first kappa shape index (κ1) is 23.7. The van der Waals surface area contributed by atoms with Crippen molar-refractivity contribution in [3.63, 3.8) is 0 Å². The number of likely N-dealkylation sites (N-methyl/N-ethyl adjacent to an activating group) is 1. The molecule has 0 aliphatic heterocycles. The second-order valence-corrected chi connectivity index (χ2v) is 6.66. The average molecular weight is 466 g/mol. The van der Waals surface area contributed by atoms with E-state index in [1.165, 1.54) is 38.7 Å². The first-order valence-corrected chi connectivity index (χ1v) is 9.35. The number of carbonyl (C=O) groups excluding carboxylic acids is 2. The molecule has 0 fully saturated rings. The molecule has 0 aliphatic rings. The van der Waals surface area contributed by atoms with E-state index in [-0.39, 0.29) is 28.4 Å². The number of hydrogen-bond acceptors (Lipinski definition) is 5. The Bertz CT molecular complexity index is 1150. The van der Waals surface area contributed by atoms with Gasteiger partial charge in [0, 0.05) is 36.3 Å². The molecule has 12 heteroatoms. The van der Waals surface area contributed by atoms with Crippen molar-refractivity contribution in [1.29, 1.82) is 0 Å². The van der Waals surface area contributed by atoms with Crippen molar-refractivity contribution in [1.82, 2.24) is 15.0 Å². The van der Waals surface area contributed by atoms with Crippen molar-refractivity contribution in [3.05, 3.63) is 65.7 Å². The standard InChI is InChI=1S/C21H18F4N4O4/c1-29(32-2)18(30)11-33-17-9-12(3-6-16(17)22)20(31)28-13-4-5-14(19-26-7-8-27-19)15(10-13)21(23,24)25/h3-10H,11H2,1-2H3,(H,26,27)(H,28,31). The molecule has 0 unspecified atom stereocenters. The summed E-state index contributed by atoms with van der Waals surface area (Å²) in [6.45, 7) is -0.560. The van der Waals surface area contributed by atoms with E-state index < -0.39 is 36.0 Å². The monoisotopic (exact) mass is 466 g/mol. The van der Waals surface area contributed by atoms with Gasteiger partial charge in [-0.2, -0.15) is 13.2 Å². The summed E-state index contributed by atoms with van der Waals surface area (Å²) in [6, 6.07) is 6.33. The Morgan fingerprint density at radius 3 is 2.58 bits per heavy atom. The van der Waals surface area contributed by atoms with E-state index in [2.05, 4.69) is 20.1 Å². The van der Waals surface area contributed by atoms with Gasteiger partial charge in [-0.05, 0) is 36.4 Å². The van der Waals surface area contributed by atoms with Gasteiger partial charge in [0.2, 0.25) is 0 Å². The second kappa shape index (κ2) is 9.69. The SMILES string of the molecule is CON(C)C(=O)COc1cc(C(=O)Nc2ccc(-c3ncc[nH]3)c(C(F)(F)F)c2)ccc1F. The van der Waals surface area contributed by atoms with Crippen LogP contribution in [0.5, 0.6) is 5.75 Å². The zero-order valence-corrected chi connectivity index (χ0v) is 17.4. The number of benzene rings is 2. The number of halogens is 4. The third kappa shape index (κ3) is 5.66. The predicted octanol–water partition coefficient (Wildman–Crippen LogP) is 3.89. The van der Waals surface area contributed by atoms with Gasteiger partial charge in [-0.25, -0.2) is 14.4 Å². The van der Waals surface area contributed by atoms with Crippen molar-refractivity contribution in [2.24, 2.45) is 0 Å². The van der Waals surface area contributed by atoms with Crippen LogP contribution in [0.15, 0.2) is 48.8 Å². The van der Waals surface area contributed by atoms with Crippen LogP contribution in [0, 0.1) is 5.82 Å². The Hall–Kier alpha value is -3.93. The third-order valence-corrected chi connectivity index (χ3v) is 4.51. The summed E-state index contributed by atoms with van der Waals surface area (Å²) in [6.07, 6.45) is -2.00. The number of carbonyl (C=O) groups is 2. The molecule has 3 aromatic rings. The molecule has 0 atom stereocenters. The van der Waals surface area contributed by atoms with E-state index in [1.807, 2.05) is 0 Å². The van der Waals surface area contributed by atoms with Gasteiger partial charge in [-0.1, -0.05) is 0 Å². The molecular weight excluding hydrogens is 448 g/mol. The van der Waals surface area contributed by atoms with Crippen LogP contribution in [0.1, 0.15) is 15.9 Å². The first-order chi connectivity index (χ1) is 15.6. The molecule has 33 heavy (non-hydrogen) atoms. The number of nitrogens with zero attached hydrogens (tertiary/aromatic N) is 2. The number of H-pyrrole nitrogens is 1. The van der Waals surface area contributed by atoms with Crippen LogP contribution in [-0.2, 0) is 15.8 Å². The zero-order chi connectivity index (χ0) is 24.2. The summed E-state index contributed by atoms with van der Waals surface area (Å²) >= 11 is 0. The largest absolute Gasteiger partial charge is 0.481 e. The number of hydrogen-bond donors (Lipinski definition) is 2. The van der Waals surface area contributed by atoms with Crippen molar-refractivity contribution in [2.45, 2.75) is 6.18 Å². The average Bonchev–Trinajstić information content (AvgIpc) is 3.31. The Balaban J connectivity index is 1.80. The van der Waals surface area contributed by atoms with Crippen LogP contribution in [0.25, 0.3) is 11.4 Å². The van der Waals surface area contributed by atoms with E-state index in [0.717, 1.165) is 29.3 Å². The van der Waals surface area contributed by atoms with Crippen LogP contribution in [0.4, 0.5) is 23.2 Å². The van der Waals surface area contributed by atoms with Crippen LogP contribution in [-0.4, -0.2) is 47.6 Å². The van der Waals surface area contributed by atoms with Crippen LogP contribution in [0.2, 0.25) is 0 Å². The number of aromatic amines is 1. The van der Waals surface area contributed by atoms with Crippen LogP contribution in [0.3, 0.4) is 0 Å². The highest BCUT2D eigenvalue weighted by Crippen LogP contribution is 2.37.